The molecule has 0 aromatic heterocycles. The van der Waals surface area contributed by atoms with E-state index in [4.69, 9.17) is 0 Å². The van der Waals surface area contributed by atoms with Gasteiger partial charge in [0.1, 0.15) is 6.07 Å². The van der Waals surface area contributed by atoms with Gasteiger partial charge in [0.25, 0.3) is 0 Å². The predicted octanol–water partition coefficient (Wildman–Crippen LogP) is 4.20. The standard InChI is InChI=1S/C17H27N3S/c1-5-21-17-10-8-9-16(15(17)13-18)19-11-6-7-12-20(4)14(2)3/h8-10,14,19H,5-7,11-12H2,1-4H3. The zero-order chi connectivity index (χ0) is 15.7. The van der Waals surface area contributed by atoms with E-state index in [2.05, 4.69) is 44.1 Å². The van der Waals surface area contributed by atoms with Crippen molar-refractivity contribution in [2.45, 2.75) is 44.6 Å². The van der Waals surface area contributed by atoms with Gasteiger partial charge in [-0.3, -0.25) is 0 Å². The van der Waals surface area contributed by atoms with Gasteiger partial charge in [-0.25, -0.2) is 0 Å². The van der Waals surface area contributed by atoms with E-state index in [0.717, 1.165) is 41.4 Å². The SMILES string of the molecule is CCSc1cccc(NCCCCN(C)C(C)C)c1C#N. The van der Waals surface area contributed by atoms with Crippen LogP contribution in [-0.2, 0) is 0 Å². The van der Waals surface area contributed by atoms with Gasteiger partial charge in [0.2, 0.25) is 0 Å². The van der Waals surface area contributed by atoms with Crippen LogP contribution in [-0.4, -0.2) is 36.8 Å². The Morgan fingerprint density at radius 1 is 1.33 bits per heavy atom. The largest absolute Gasteiger partial charge is 0.384 e. The summed E-state index contributed by atoms with van der Waals surface area (Å²) < 4.78 is 0. The van der Waals surface area contributed by atoms with E-state index in [0.29, 0.717) is 6.04 Å². The van der Waals surface area contributed by atoms with Crippen LogP contribution in [0.5, 0.6) is 0 Å². The Kier molecular flexibility index (Phi) is 8.26. The minimum atomic E-state index is 0.603. The molecule has 21 heavy (non-hydrogen) atoms. The van der Waals surface area contributed by atoms with Crippen molar-refractivity contribution in [3.05, 3.63) is 23.8 Å². The maximum atomic E-state index is 9.35. The summed E-state index contributed by atoms with van der Waals surface area (Å²) in [6.45, 7) is 8.58. The third kappa shape index (κ3) is 5.99. The first-order valence-electron chi connectivity index (χ1n) is 7.70. The van der Waals surface area contributed by atoms with Crippen LogP contribution in [0.1, 0.15) is 39.2 Å². The maximum absolute atomic E-state index is 9.35. The van der Waals surface area contributed by atoms with Crippen LogP contribution in [0, 0.1) is 11.3 Å². The van der Waals surface area contributed by atoms with Crippen LogP contribution >= 0.6 is 11.8 Å². The Hall–Kier alpha value is -1.18. The van der Waals surface area contributed by atoms with Crippen LogP contribution < -0.4 is 5.32 Å². The molecular formula is C17H27N3S. The van der Waals surface area contributed by atoms with E-state index >= 15 is 0 Å². The smallest absolute Gasteiger partial charge is 0.102 e. The lowest BCUT2D eigenvalue weighted by molar-refractivity contribution is 0.269. The fourth-order valence-electron chi connectivity index (χ4n) is 2.04. The Bertz CT molecular complexity index is 466. The molecule has 116 valence electrons. The van der Waals surface area contributed by atoms with Crippen molar-refractivity contribution < 1.29 is 0 Å². The van der Waals surface area contributed by atoms with Gasteiger partial charge in [-0.15, -0.1) is 11.8 Å². The van der Waals surface area contributed by atoms with Crippen LogP contribution in [0.4, 0.5) is 5.69 Å². The van der Waals surface area contributed by atoms with Crippen molar-refractivity contribution >= 4 is 17.4 Å². The first-order valence-corrected chi connectivity index (χ1v) is 8.68. The summed E-state index contributed by atoms with van der Waals surface area (Å²) in [4.78, 5) is 3.43. The fraction of sp³-hybridized carbons (Fsp3) is 0.588. The van der Waals surface area contributed by atoms with Gasteiger partial charge < -0.3 is 10.2 Å². The van der Waals surface area contributed by atoms with Crippen LogP contribution in [0.15, 0.2) is 23.1 Å². The lowest BCUT2D eigenvalue weighted by Gasteiger charge is -2.20. The average molecular weight is 305 g/mol. The highest BCUT2D eigenvalue weighted by Crippen LogP contribution is 2.27. The molecular weight excluding hydrogens is 278 g/mol. The highest BCUT2D eigenvalue weighted by molar-refractivity contribution is 7.99. The van der Waals surface area contributed by atoms with Crippen LogP contribution in [0.25, 0.3) is 0 Å². The maximum Gasteiger partial charge on any atom is 0.102 e. The second-order valence-electron chi connectivity index (χ2n) is 5.43. The first kappa shape index (κ1) is 17.9. The highest BCUT2D eigenvalue weighted by atomic mass is 32.2. The lowest BCUT2D eigenvalue weighted by atomic mass is 10.2. The molecule has 1 aromatic carbocycles. The van der Waals surface area contributed by atoms with Crippen molar-refractivity contribution in [3.8, 4) is 6.07 Å². The molecule has 0 saturated heterocycles. The minimum absolute atomic E-state index is 0.603. The molecule has 0 radical (unpaired) electrons. The second-order valence-corrected chi connectivity index (χ2v) is 6.74. The number of nitriles is 1. The molecule has 0 aliphatic carbocycles. The van der Waals surface area contributed by atoms with Crippen LogP contribution in [0.2, 0.25) is 0 Å². The molecule has 1 rings (SSSR count). The van der Waals surface area contributed by atoms with E-state index < -0.39 is 0 Å². The molecule has 0 fully saturated rings. The number of nitrogens with one attached hydrogen (secondary N) is 1. The highest BCUT2D eigenvalue weighted by Gasteiger charge is 2.07. The number of unbranched alkanes of at least 4 members (excludes halogenated alkanes) is 1. The summed E-state index contributed by atoms with van der Waals surface area (Å²) in [5.41, 5.74) is 1.75. The second kappa shape index (κ2) is 9.70. The van der Waals surface area contributed by atoms with E-state index in [1.807, 2.05) is 18.2 Å². The van der Waals surface area contributed by atoms with E-state index in [-0.39, 0.29) is 0 Å². The Morgan fingerprint density at radius 3 is 2.71 bits per heavy atom. The Balaban J connectivity index is 2.45. The molecule has 0 unspecified atom stereocenters. The van der Waals surface area contributed by atoms with Gasteiger partial charge in [0.05, 0.1) is 11.3 Å². The zero-order valence-electron chi connectivity index (χ0n) is 13.6. The molecule has 0 saturated carbocycles. The van der Waals surface area contributed by atoms with E-state index in [9.17, 15) is 5.26 Å². The summed E-state index contributed by atoms with van der Waals surface area (Å²) in [6, 6.07) is 8.98. The summed E-state index contributed by atoms with van der Waals surface area (Å²) in [6.07, 6.45) is 2.29. The first-order chi connectivity index (χ1) is 10.1. The van der Waals surface area contributed by atoms with Gasteiger partial charge in [0, 0.05) is 17.5 Å². The van der Waals surface area contributed by atoms with Crippen LogP contribution in [0.3, 0.4) is 0 Å². The van der Waals surface area contributed by atoms with Crippen molar-refractivity contribution in [2.75, 3.05) is 31.2 Å². The summed E-state index contributed by atoms with van der Waals surface area (Å²) in [5, 5.41) is 12.8. The number of hydrogen-bond donors (Lipinski definition) is 1. The summed E-state index contributed by atoms with van der Waals surface area (Å²) in [7, 11) is 2.16. The van der Waals surface area contributed by atoms with Crippen molar-refractivity contribution in [2.24, 2.45) is 0 Å². The fourth-order valence-corrected chi connectivity index (χ4v) is 2.82. The van der Waals surface area contributed by atoms with Gasteiger partial charge >= 0.3 is 0 Å². The number of benzene rings is 1. The van der Waals surface area contributed by atoms with Crippen molar-refractivity contribution in [1.82, 2.24) is 4.90 Å². The third-order valence-electron chi connectivity index (χ3n) is 3.57. The third-order valence-corrected chi connectivity index (χ3v) is 4.51. The monoisotopic (exact) mass is 305 g/mol. The molecule has 0 heterocycles. The topological polar surface area (TPSA) is 39.1 Å². The molecule has 0 atom stereocenters. The summed E-state index contributed by atoms with van der Waals surface area (Å²) >= 11 is 1.72. The molecule has 0 bridgehead atoms. The molecule has 0 aliphatic heterocycles. The average Bonchev–Trinajstić information content (AvgIpc) is 2.47. The van der Waals surface area contributed by atoms with Gasteiger partial charge in [-0.2, -0.15) is 5.26 Å². The normalized spacial score (nSPS) is 10.9. The Labute approximate surface area is 133 Å². The van der Waals surface area contributed by atoms with E-state index in [1.165, 1.54) is 6.42 Å². The number of nitrogens with zero attached hydrogens (tertiary/aromatic N) is 2. The van der Waals surface area contributed by atoms with Gasteiger partial charge in [-0.05, 0) is 58.2 Å². The lowest BCUT2D eigenvalue weighted by Crippen LogP contribution is -2.27. The minimum Gasteiger partial charge on any atom is -0.384 e. The number of rotatable bonds is 9. The molecule has 4 heteroatoms. The van der Waals surface area contributed by atoms with Crippen molar-refractivity contribution in [3.63, 3.8) is 0 Å². The molecule has 1 N–H and O–H groups in total. The molecule has 3 nitrogen and oxygen atoms in total. The quantitative estimate of drug-likeness (QED) is 0.548. The molecule has 0 amide bonds. The number of hydrogen-bond acceptors (Lipinski definition) is 4. The Morgan fingerprint density at radius 2 is 2.10 bits per heavy atom. The molecule has 0 spiro atoms. The predicted molar refractivity (Wildman–Crippen MR) is 93.0 cm³/mol. The number of anilines is 1. The zero-order valence-corrected chi connectivity index (χ0v) is 14.5. The van der Waals surface area contributed by atoms with Gasteiger partial charge in [-0.1, -0.05) is 13.0 Å². The number of thioether (sulfide) groups is 1. The molecule has 1 aromatic rings. The van der Waals surface area contributed by atoms with Crippen molar-refractivity contribution in [1.29, 1.82) is 5.26 Å². The van der Waals surface area contributed by atoms with E-state index in [1.54, 1.807) is 11.8 Å². The summed E-state index contributed by atoms with van der Waals surface area (Å²) in [5.74, 6) is 0.986. The molecule has 0 aliphatic rings. The van der Waals surface area contributed by atoms with Gasteiger partial charge in [0.15, 0.2) is 0 Å².